The van der Waals surface area contributed by atoms with E-state index in [1.165, 1.54) is 21.9 Å². The van der Waals surface area contributed by atoms with Crippen LogP contribution in [0.3, 0.4) is 0 Å². The molecule has 2 aromatic carbocycles. The minimum atomic E-state index is 0.589. The van der Waals surface area contributed by atoms with Crippen molar-refractivity contribution in [2.24, 2.45) is 0 Å². The van der Waals surface area contributed by atoms with Gasteiger partial charge < -0.3 is 0 Å². The van der Waals surface area contributed by atoms with Crippen LogP contribution >= 0.6 is 11.6 Å². The molecule has 0 unspecified atom stereocenters. The molecule has 0 saturated heterocycles. The molecular formula is C13H13Cl. The average Bonchev–Trinajstić information content (AvgIpc) is 2.27. The molecule has 0 aliphatic rings. The lowest BCUT2D eigenvalue weighted by Crippen LogP contribution is -1.82. The van der Waals surface area contributed by atoms with E-state index in [4.69, 9.17) is 11.6 Å². The maximum Gasteiger partial charge on any atom is 0.0474 e. The Hall–Kier alpha value is -1.01. The molecule has 0 aliphatic carbocycles. The Bertz CT molecular complexity index is 403. The Balaban J connectivity index is 2.57. The quantitative estimate of drug-likeness (QED) is 0.645. The van der Waals surface area contributed by atoms with Gasteiger partial charge >= 0.3 is 0 Å². The minimum Gasteiger partial charge on any atom is -0.122 e. The van der Waals surface area contributed by atoms with Gasteiger partial charge in [0.15, 0.2) is 0 Å². The van der Waals surface area contributed by atoms with Gasteiger partial charge in [-0.2, -0.15) is 0 Å². The van der Waals surface area contributed by atoms with E-state index in [0.717, 1.165) is 6.42 Å². The van der Waals surface area contributed by atoms with Gasteiger partial charge in [0, 0.05) is 5.88 Å². The predicted molar refractivity (Wildman–Crippen MR) is 62.9 cm³/mol. The highest BCUT2D eigenvalue weighted by molar-refractivity contribution is 6.17. The lowest BCUT2D eigenvalue weighted by molar-refractivity contribution is 1.15. The Morgan fingerprint density at radius 2 is 1.50 bits per heavy atom. The molecule has 0 nitrogen and oxygen atoms in total. The standard InChI is InChI=1S/C13H13Cl/c1-2-10-3-5-13-8-11(9-14)4-6-12(13)7-10/h3-8H,2,9H2,1H3. The van der Waals surface area contributed by atoms with Crippen molar-refractivity contribution in [1.82, 2.24) is 0 Å². The highest BCUT2D eigenvalue weighted by Gasteiger charge is 1.96. The first-order valence-corrected chi connectivity index (χ1v) is 5.44. The van der Waals surface area contributed by atoms with Crippen LogP contribution in [0.25, 0.3) is 10.8 Å². The molecule has 1 heteroatoms. The van der Waals surface area contributed by atoms with Crippen molar-refractivity contribution >= 4 is 22.4 Å². The fraction of sp³-hybridized carbons (Fsp3) is 0.231. The van der Waals surface area contributed by atoms with E-state index in [9.17, 15) is 0 Å². The Labute approximate surface area is 89.5 Å². The molecule has 14 heavy (non-hydrogen) atoms. The lowest BCUT2D eigenvalue weighted by Gasteiger charge is -2.02. The summed E-state index contributed by atoms with van der Waals surface area (Å²) < 4.78 is 0. The number of fused-ring (bicyclic) bond motifs is 1. The van der Waals surface area contributed by atoms with Gasteiger partial charge in [-0.05, 0) is 34.4 Å². The van der Waals surface area contributed by atoms with E-state index in [1.54, 1.807) is 0 Å². The summed E-state index contributed by atoms with van der Waals surface area (Å²) in [4.78, 5) is 0. The number of halogens is 1. The highest BCUT2D eigenvalue weighted by atomic mass is 35.5. The van der Waals surface area contributed by atoms with Crippen LogP contribution in [0, 0.1) is 0 Å². The Morgan fingerprint density at radius 3 is 2.07 bits per heavy atom. The Morgan fingerprint density at radius 1 is 0.929 bits per heavy atom. The summed E-state index contributed by atoms with van der Waals surface area (Å²) in [5.74, 6) is 0.589. The van der Waals surface area contributed by atoms with E-state index >= 15 is 0 Å². The summed E-state index contributed by atoms with van der Waals surface area (Å²) in [5, 5.41) is 2.58. The van der Waals surface area contributed by atoms with Crippen molar-refractivity contribution in [1.29, 1.82) is 0 Å². The zero-order chi connectivity index (χ0) is 9.97. The van der Waals surface area contributed by atoms with Crippen LogP contribution in [0.15, 0.2) is 36.4 Å². The summed E-state index contributed by atoms with van der Waals surface area (Å²) in [6, 6.07) is 13.0. The van der Waals surface area contributed by atoms with E-state index in [2.05, 4.69) is 43.3 Å². The van der Waals surface area contributed by atoms with Gasteiger partial charge in [0.25, 0.3) is 0 Å². The second kappa shape index (κ2) is 4.02. The van der Waals surface area contributed by atoms with Crippen LogP contribution in [0.5, 0.6) is 0 Å². The summed E-state index contributed by atoms with van der Waals surface area (Å²) in [6.45, 7) is 2.17. The van der Waals surface area contributed by atoms with Crippen molar-refractivity contribution in [2.45, 2.75) is 19.2 Å². The number of alkyl halides is 1. The number of benzene rings is 2. The van der Waals surface area contributed by atoms with Crippen LogP contribution in [0.4, 0.5) is 0 Å². The molecule has 0 bridgehead atoms. The lowest BCUT2D eigenvalue weighted by atomic mass is 10.0. The third-order valence-electron chi connectivity index (χ3n) is 2.53. The topological polar surface area (TPSA) is 0 Å². The average molecular weight is 205 g/mol. The maximum atomic E-state index is 5.79. The molecule has 0 saturated carbocycles. The van der Waals surface area contributed by atoms with Gasteiger partial charge in [-0.1, -0.05) is 37.3 Å². The van der Waals surface area contributed by atoms with Crippen molar-refractivity contribution in [2.75, 3.05) is 0 Å². The number of hydrogen-bond acceptors (Lipinski definition) is 0. The second-order valence-electron chi connectivity index (χ2n) is 3.50. The molecule has 2 aromatic rings. The summed E-state index contributed by atoms with van der Waals surface area (Å²) in [5.41, 5.74) is 2.57. The molecule has 0 heterocycles. The normalized spacial score (nSPS) is 10.7. The van der Waals surface area contributed by atoms with Gasteiger partial charge in [0.2, 0.25) is 0 Å². The minimum absolute atomic E-state index is 0.589. The summed E-state index contributed by atoms with van der Waals surface area (Å²) in [7, 11) is 0. The van der Waals surface area contributed by atoms with Gasteiger partial charge in [-0.3, -0.25) is 0 Å². The first-order chi connectivity index (χ1) is 6.83. The molecule has 0 aromatic heterocycles. The third kappa shape index (κ3) is 1.76. The van der Waals surface area contributed by atoms with Crippen molar-refractivity contribution in [3.05, 3.63) is 47.5 Å². The highest BCUT2D eigenvalue weighted by Crippen LogP contribution is 2.19. The SMILES string of the molecule is CCc1ccc2cc(CCl)ccc2c1. The number of rotatable bonds is 2. The zero-order valence-corrected chi connectivity index (χ0v) is 9.01. The molecule has 0 radical (unpaired) electrons. The molecule has 0 amide bonds. The van der Waals surface area contributed by atoms with Crippen LogP contribution in [-0.4, -0.2) is 0 Å². The van der Waals surface area contributed by atoms with E-state index < -0.39 is 0 Å². The van der Waals surface area contributed by atoms with Gasteiger partial charge in [0.05, 0.1) is 0 Å². The molecule has 0 fully saturated rings. The van der Waals surface area contributed by atoms with Gasteiger partial charge in [-0.15, -0.1) is 11.6 Å². The maximum absolute atomic E-state index is 5.79. The zero-order valence-electron chi connectivity index (χ0n) is 8.26. The second-order valence-corrected chi connectivity index (χ2v) is 3.77. The Kier molecular flexibility index (Phi) is 2.74. The van der Waals surface area contributed by atoms with E-state index in [1.807, 2.05) is 0 Å². The largest absolute Gasteiger partial charge is 0.122 e. The molecular weight excluding hydrogens is 192 g/mol. The molecule has 2 rings (SSSR count). The van der Waals surface area contributed by atoms with Crippen molar-refractivity contribution in [3.8, 4) is 0 Å². The number of hydrogen-bond donors (Lipinski definition) is 0. The van der Waals surface area contributed by atoms with Crippen molar-refractivity contribution < 1.29 is 0 Å². The molecule has 0 N–H and O–H groups in total. The van der Waals surface area contributed by atoms with Crippen LogP contribution < -0.4 is 0 Å². The molecule has 72 valence electrons. The first-order valence-electron chi connectivity index (χ1n) is 4.91. The van der Waals surface area contributed by atoms with Crippen LogP contribution in [-0.2, 0) is 12.3 Å². The summed E-state index contributed by atoms with van der Waals surface area (Å²) in [6.07, 6.45) is 1.09. The first kappa shape index (κ1) is 9.54. The monoisotopic (exact) mass is 204 g/mol. The van der Waals surface area contributed by atoms with Crippen LogP contribution in [0.2, 0.25) is 0 Å². The predicted octanol–water partition coefficient (Wildman–Crippen LogP) is 4.14. The molecule has 0 spiro atoms. The van der Waals surface area contributed by atoms with Crippen molar-refractivity contribution in [3.63, 3.8) is 0 Å². The van der Waals surface area contributed by atoms with Gasteiger partial charge in [0.1, 0.15) is 0 Å². The third-order valence-corrected chi connectivity index (χ3v) is 2.84. The van der Waals surface area contributed by atoms with E-state index in [-0.39, 0.29) is 0 Å². The fourth-order valence-electron chi connectivity index (χ4n) is 1.65. The van der Waals surface area contributed by atoms with E-state index in [0.29, 0.717) is 5.88 Å². The van der Waals surface area contributed by atoms with Gasteiger partial charge in [-0.25, -0.2) is 0 Å². The summed E-state index contributed by atoms with van der Waals surface area (Å²) >= 11 is 5.79. The number of aryl methyl sites for hydroxylation is 1. The van der Waals surface area contributed by atoms with Crippen LogP contribution in [0.1, 0.15) is 18.1 Å². The molecule has 0 aliphatic heterocycles. The molecule has 0 atom stereocenters. The fourth-order valence-corrected chi connectivity index (χ4v) is 1.81. The smallest absolute Gasteiger partial charge is 0.0474 e.